The molecule has 1 aliphatic rings. The highest BCUT2D eigenvalue weighted by Gasteiger charge is 2.45. The van der Waals surface area contributed by atoms with Gasteiger partial charge in [-0.1, -0.05) is 24.3 Å². The molecule has 2 aromatic carbocycles. The molecule has 0 aliphatic carbocycles. The van der Waals surface area contributed by atoms with Crippen LogP contribution in [0.1, 0.15) is 37.5 Å². The van der Waals surface area contributed by atoms with Crippen molar-refractivity contribution in [3.8, 4) is 0 Å². The van der Waals surface area contributed by atoms with Crippen molar-refractivity contribution in [1.29, 1.82) is 0 Å². The molecule has 8 nitrogen and oxygen atoms in total. The van der Waals surface area contributed by atoms with Crippen molar-refractivity contribution >= 4 is 64.8 Å². The molecule has 226 valence electrons. The van der Waals surface area contributed by atoms with E-state index in [0.29, 0.717) is 37.4 Å². The number of hydrogen-bond donors (Lipinski definition) is 0. The summed E-state index contributed by atoms with van der Waals surface area (Å²) in [5, 5.41) is 0.996. The highest BCUT2D eigenvalue weighted by Crippen LogP contribution is 2.39. The van der Waals surface area contributed by atoms with Gasteiger partial charge in [0.25, 0.3) is 0 Å². The van der Waals surface area contributed by atoms with Gasteiger partial charge < -0.3 is 14.7 Å². The third-order valence-corrected chi connectivity index (χ3v) is 7.77. The maximum atomic E-state index is 13.7. The molecule has 2 aromatic heterocycles. The molecule has 1 aliphatic heterocycles. The molecule has 3 amide bonds. The SMILES string of the molecule is CCN1C(=O)C(C)(C)C(=O)N(C)c2cc(CN(CCc3cccnc3)C(=O)Cc3ccc4ncccc4c3)ccc21.Cl.Cl. The van der Waals surface area contributed by atoms with Gasteiger partial charge >= 0.3 is 0 Å². The number of benzene rings is 2. The van der Waals surface area contributed by atoms with E-state index in [4.69, 9.17) is 0 Å². The van der Waals surface area contributed by atoms with Crippen LogP contribution in [0.2, 0.25) is 0 Å². The van der Waals surface area contributed by atoms with Crippen molar-refractivity contribution in [1.82, 2.24) is 14.9 Å². The average molecular weight is 623 g/mol. The van der Waals surface area contributed by atoms with Crippen LogP contribution in [0.3, 0.4) is 0 Å². The van der Waals surface area contributed by atoms with Crippen LogP contribution in [0.25, 0.3) is 10.9 Å². The van der Waals surface area contributed by atoms with Gasteiger partial charge in [0.05, 0.1) is 23.3 Å². The lowest BCUT2D eigenvalue weighted by atomic mass is 9.90. The Morgan fingerprint density at radius 2 is 1.63 bits per heavy atom. The summed E-state index contributed by atoms with van der Waals surface area (Å²) < 4.78 is 0. The molecule has 5 rings (SSSR count). The maximum Gasteiger partial charge on any atom is 0.242 e. The number of carbonyl (C=O) groups is 3. The number of pyridine rings is 2. The highest BCUT2D eigenvalue weighted by atomic mass is 35.5. The van der Waals surface area contributed by atoms with Crippen molar-refractivity contribution < 1.29 is 14.4 Å². The maximum absolute atomic E-state index is 13.7. The fraction of sp³-hybridized carbons (Fsp3) is 0.303. The number of amides is 3. The van der Waals surface area contributed by atoms with Crippen LogP contribution >= 0.6 is 24.8 Å². The van der Waals surface area contributed by atoms with E-state index in [2.05, 4.69) is 9.97 Å². The van der Waals surface area contributed by atoms with Gasteiger partial charge in [0.2, 0.25) is 17.7 Å². The number of carbonyl (C=O) groups excluding carboxylic acids is 3. The Hall–Kier alpha value is -4.01. The third-order valence-electron chi connectivity index (χ3n) is 7.77. The Bertz CT molecular complexity index is 1610. The summed E-state index contributed by atoms with van der Waals surface area (Å²) in [5.41, 5.74) is 3.93. The minimum absolute atomic E-state index is 0. The van der Waals surface area contributed by atoms with Crippen molar-refractivity contribution in [2.75, 3.05) is 29.9 Å². The first kappa shape index (κ1) is 33.5. The topological polar surface area (TPSA) is 86.7 Å². The van der Waals surface area contributed by atoms with E-state index in [1.54, 1.807) is 43.1 Å². The van der Waals surface area contributed by atoms with Crippen LogP contribution in [0.5, 0.6) is 0 Å². The predicted molar refractivity (Wildman–Crippen MR) is 175 cm³/mol. The van der Waals surface area contributed by atoms with Crippen molar-refractivity contribution in [3.63, 3.8) is 0 Å². The molecule has 0 saturated carbocycles. The first-order valence-corrected chi connectivity index (χ1v) is 13.9. The number of rotatable bonds is 8. The van der Waals surface area contributed by atoms with Gasteiger partial charge in [-0.05, 0) is 80.3 Å². The van der Waals surface area contributed by atoms with Crippen molar-refractivity contribution in [2.24, 2.45) is 5.41 Å². The normalized spacial score (nSPS) is 14.0. The molecule has 0 atom stereocenters. The second-order valence-electron chi connectivity index (χ2n) is 11.0. The Labute approximate surface area is 264 Å². The molecule has 43 heavy (non-hydrogen) atoms. The fourth-order valence-corrected chi connectivity index (χ4v) is 5.39. The quantitative estimate of drug-likeness (QED) is 0.238. The van der Waals surface area contributed by atoms with Crippen LogP contribution in [0.4, 0.5) is 11.4 Å². The summed E-state index contributed by atoms with van der Waals surface area (Å²) in [4.78, 5) is 54.0. The molecule has 4 aromatic rings. The number of halogens is 2. The molecule has 0 radical (unpaired) electrons. The van der Waals surface area contributed by atoms with Crippen LogP contribution in [-0.2, 0) is 33.8 Å². The third kappa shape index (κ3) is 6.98. The molecular formula is C33H37Cl2N5O3. The van der Waals surface area contributed by atoms with Gasteiger partial charge in [0.1, 0.15) is 5.41 Å². The predicted octanol–water partition coefficient (Wildman–Crippen LogP) is 5.64. The zero-order valence-corrected chi connectivity index (χ0v) is 26.5. The van der Waals surface area contributed by atoms with E-state index in [-0.39, 0.29) is 49.0 Å². The second-order valence-corrected chi connectivity index (χ2v) is 11.0. The van der Waals surface area contributed by atoms with Gasteiger partial charge in [-0.15, -0.1) is 24.8 Å². The minimum Gasteiger partial charge on any atom is -0.338 e. The largest absolute Gasteiger partial charge is 0.338 e. The van der Waals surface area contributed by atoms with Crippen LogP contribution < -0.4 is 9.80 Å². The van der Waals surface area contributed by atoms with Gasteiger partial charge in [0, 0.05) is 50.7 Å². The van der Waals surface area contributed by atoms with E-state index in [9.17, 15) is 14.4 Å². The summed E-state index contributed by atoms with van der Waals surface area (Å²) in [6.07, 6.45) is 6.24. The molecule has 3 heterocycles. The summed E-state index contributed by atoms with van der Waals surface area (Å²) in [7, 11) is 1.71. The van der Waals surface area contributed by atoms with E-state index in [1.165, 1.54) is 0 Å². The van der Waals surface area contributed by atoms with Gasteiger partial charge in [-0.2, -0.15) is 0 Å². The molecule has 0 saturated heterocycles. The number of anilines is 2. The summed E-state index contributed by atoms with van der Waals surface area (Å²) >= 11 is 0. The van der Waals surface area contributed by atoms with Crippen LogP contribution in [-0.4, -0.2) is 52.7 Å². The Kier molecular flexibility index (Phi) is 10.9. The molecular weight excluding hydrogens is 585 g/mol. The summed E-state index contributed by atoms with van der Waals surface area (Å²) in [6.45, 7) is 6.58. The number of hydrogen-bond acceptors (Lipinski definition) is 5. The zero-order chi connectivity index (χ0) is 29.1. The Morgan fingerprint density at radius 1 is 0.884 bits per heavy atom. The summed E-state index contributed by atoms with van der Waals surface area (Å²) in [5.74, 6) is -0.475. The van der Waals surface area contributed by atoms with Gasteiger partial charge in [-0.3, -0.25) is 24.4 Å². The number of fused-ring (bicyclic) bond motifs is 2. The molecule has 0 N–H and O–H groups in total. The highest BCUT2D eigenvalue weighted by molar-refractivity contribution is 6.19. The molecule has 0 fully saturated rings. The summed E-state index contributed by atoms with van der Waals surface area (Å²) in [6, 6.07) is 19.5. The minimum atomic E-state index is -1.18. The van der Waals surface area contributed by atoms with Crippen molar-refractivity contribution in [3.05, 3.63) is 95.9 Å². The first-order valence-electron chi connectivity index (χ1n) is 13.9. The Balaban J connectivity index is 0.00000253. The first-order chi connectivity index (χ1) is 19.7. The monoisotopic (exact) mass is 621 g/mol. The molecule has 0 unspecified atom stereocenters. The zero-order valence-electron chi connectivity index (χ0n) is 24.8. The van der Waals surface area contributed by atoms with Gasteiger partial charge in [-0.25, -0.2) is 0 Å². The van der Waals surface area contributed by atoms with E-state index < -0.39 is 5.41 Å². The number of aromatic nitrogens is 2. The average Bonchev–Trinajstić information content (AvgIpc) is 3.03. The Morgan fingerprint density at radius 3 is 2.35 bits per heavy atom. The molecule has 0 bridgehead atoms. The van der Waals surface area contributed by atoms with E-state index >= 15 is 0 Å². The van der Waals surface area contributed by atoms with Crippen LogP contribution in [0.15, 0.2) is 79.3 Å². The van der Waals surface area contributed by atoms with E-state index in [0.717, 1.165) is 27.6 Å². The van der Waals surface area contributed by atoms with E-state index in [1.807, 2.05) is 78.7 Å². The van der Waals surface area contributed by atoms with Crippen LogP contribution in [0, 0.1) is 5.41 Å². The molecule has 0 spiro atoms. The lowest BCUT2D eigenvalue weighted by Crippen LogP contribution is -2.47. The molecule has 10 heteroatoms. The fourth-order valence-electron chi connectivity index (χ4n) is 5.39. The van der Waals surface area contributed by atoms with Gasteiger partial charge in [0.15, 0.2) is 0 Å². The number of nitrogens with zero attached hydrogens (tertiary/aromatic N) is 5. The smallest absolute Gasteiger partial charge is 0.242 e. The lowest BCUT2D eigenvalue weighted by molar-refractivity contribution is -0.137. The second kappa shape index (κ2) is 14.0. The lowest BCUT2D eigenvalue weighted by Gasteiger charge is -2.27. The van der Waals surface area contributed by atoms with Crippen molar-refractivity contribution in [2.45, 2.75) is 40.2 Å². The standard InChI is InChI=1S/C33H35N5O3.2ClH/c1-5-38-28-13-11-25(19-29(28)36(4)31(40)33(2,3)32(38)41)22-37(17-14-23-8-6-15-34-21-23)30(39)20-24-10-12-27-26(18-24)9-7-16-35-27;;/h6-13,15-16,18-19,21H,5,14,17,20,22H2,1-4H3;2*1H.